The van der Waals surface area contributed by atoms with Gasteiger partial charge >= 0.3 is 0 Å². The summed E-state index contributed by atoms with van der Waals surface area (Å²) in [5.41, 5.74) is 3.72. The number of amides is 1. The van der Waals surface area contributed by atoms with E-state index in [2.05, 4.69) is 25.4 Å². The number of aromatic nitrogens is 5. The van der Waals surface area contributed by atoms with Crippen LogP contribution in [-0.4, -0.2) is 30.6 Å². The third-order valence-corrected chi connectivity index (χ3v) is 4.63. The van der Waals surface area contributed by atoms with Gasteiger partial charge in [0.2, 0.25) is 5.91 Å². The number of carbonyl (C=O) groups excluding carboxylic acids is 1. The van der Waals surface area contributed by atoms with Crippen molar-refractivity contribution in [1.82, 2.24) is 30.0 Å². The standard InChI is InChI=1S/C19H20N6O/c1-13-8-10-22-25(13)12-18(26)23-15-6-4-7-16-14(15)11-21-19(24-16)17-5-2-3-9-20-17/h2-3,5,8-11,15H,4,6-7,12H2,1H3,(H,23,26)/t15-/m0/s1. The maximum atomic E-state index is 12.4. The van der Waals surface area contributed by atoms with Crippen molar-refractivity contribution >= 4 is 5.91 Å². The number of rotatable bonds is 4. The van der Waals surface area contributed by atoms with Crippen LogP contribution >= 0.6 is 0 Å². The number of hydrogen-bond acceptors (Lipinski definition) is 5. The van der Waals surface area contributed by atoms with Gasteiger partial charge in [0, 0.05) is 35.5 Å². The highest BCUT2D eigenvalue weighted by atomic mass is 16.2. The zero-order chi connectivity index (χ0) is 17.9. The van der Waals surface area contributed by atoms with Gasteiger partial charge in [0.25, 0.3) is 0 Å². The molecule has 0 radical (unpaired) electrons. The second-order valence-electron chi connectivity index (χ2n) is 6.45. The van der Waals surface area contributed by atoms with Crippen LogP contribution in [0, 0.1) is 6.92 Å². The highest BCUT2D eigenvalue weighted by molar-refractivity contribution is 5.76. The minimum atomic E-state index is -0.0556. The lowest BCUT2D eigenvalue weighted by Gasteiger charge is -2.25. The van der Waals surface area contributed by atoms with Gasteiger partial charge in [0.05, 0.1) is 6.04 Å². The molecule has 3 heterocycles. The lowest BCUT2D eigenvalue weighted by molar-refractivity contribution is -0.122. The molecule has 7 heteroatoms. The van der Waals surface area contributed by atoms with Gasteiger partial charge < -0.3 is 5.32 Å². The van der Waals surface area contributed by atoms with E-state index in [9.17, 15) is 4.79 Å². The molecule has 0 spiro atoms. The van der Waals surface area contributed by atoms with Crippen LogP contribution in [-0.2, 0) is 17.8 Å². The van der Waals surface area contributed by atoms with Gasteiger partial charge in [-0.25, -0.2) is 9.97 Å². The van der Waals surface area contributed by atoms with Crippen molar-refractivity contribution in [2.75, 3.05) is 0 Å². The number of carbonyl (C=O) groups is 1. The van der Waals surface area contributed by atoms with Crippen LogP contribution < -0.4 is 5.32 Å². The van der Waals surface area contributed by atoms with Crippen LogP contribution in [0.2, 0.25) is 0 Å². The van der Waals surface area contributed by atoms with E-state index < -0.39 is 0 Å². The van der Waals surface area contributed by atoms with E-state index in [1.165, 1.54) is 0 Å². The maximum absolute atomic E-state index is 12.4. The molecule has 1 N–H and O–H groups in total. The average Bonchev–Trinajstić information content (AvgIpc) is 3.07. The fourth-order valence-electron chi connectivity index (χ4n) is 3.26. The average molecular weight is 348 g/mol. The summed E-state index contributed by atoms with van der Waals surface area (Å²) in [7, 11) is 0. The molecule has 0 bridgehead atoms. The molecule has 1 aliphatic carbocycles. The highest BCUT2D eigenvalue weighted by Gasteiger charge is 2.24. The fourth-order valence-corrected chi connectivity index (χ4v) is 3.26. The first-order chi connectivity index (χ1) is 12.7. The summed E-state index contributed by atoms with van der Waals surface area (Å²) in [5.74, 6) is 0.576. The summed E-state index contributed by atoms with van der Waals surface area (Å²) < 4.78 is 1.69. The first-order valence-corrected chi connectivity index (χ1v) is 8.76. The molecule has 0 saturated heterocycles. The zero-order valence-corrected chi connectivity index (χ0v) is 14.6. The second-order valence-corrected chi connectivity index (χ2v) is 6.45. The van der Waals surface area contributed by atoms with E-state index in [1.807, 2.05) is 37.4 Å². The molecule has 3 aromatic rings. The van der Waals surface area contributed by atoms with Crippen LogP contribution in [0.25, 0.3) is 11.5 Å². The van der Waals surface area contributed by atoms with Crippen LogP contribution in [0.3, 0.4) is 0 Å². The van der Waals surface area contributed by atoms with Gasteiger partial charge in [-0.15, -0.1) is 0 Å². The number of nitrogens with zero attached hydrogens (tertiary/aromatic N) is 5. The Morgan fingerprint density at radius 1 is 1.27 bits per heavy atom. The fraction of sp³-hybridized carbons (Fsp3) is 0.316. The quantitative estimate of drug-likeness (QED) is 0.781. The molecule has 1 amide bonds. The summed E-state index contributed by atoms with van der Waals surface area (Å²) in [6.07, 6.45) is 8.03. The molecule has 132 valence electrons. The summed E-state index contributed by atoms with van der Waals surface area (Å²) >= 11 is 0. The van der Waals surface area contributed by atoms with Crippen molar-refractivity contribution in [3.63, 3.8) is 0 Å². The van der Waals surface area contributed by atoms with Crippen molar-refractivity contribution in [2.45, 2.75) is 38.8 Å². The van der Waals surface area contributed by atoms with Gasteiger partial charge in [-0.1, -0.05) is 6.07 Å². The van der Waals surface area contributed by atoms with Crippen LogP contribution in [0.1, 0.15) is 35.8 Å². The van der Waals surface area contributed by atoms with Crippen LogP contribution in [0.4, 0.5) is 0 Å². The maximum Gasteiger partial charge on any atom is 0.242 e. The Morgan fingerprint density at radius 2 is 2.19 bits per heavy atom. The van der Waals surface area contributed by atoms with Crippen molar-refractivity contribution in [2.24, 2.45) is 0 Å². The summed E-state index contributed by atoms with van der Waals surface area (Å²) in [6.45, 7) is 2.15. The summed E-state index contributed by atoms with van der Waals surface area (Å²) in [5, 5.41) is 7.27. The molecule has 0 aromatic carbocycles. The van der Waals surface area contributed by atoms with Crippen molar-refractivity contribution in [1.29, 1.82) is 0 Å². The summed E-state index contributed by atoms with van der Waals surface area (Å²) in [4.78, 5) is 25.9. The van der Waals surface area contributed by atoms with E-state index in [-0.39, 0.29) is 18.5 Å². The monoisotopic (exact) mass is 348 g/mol. The zero-order valence-electron chi connectivity index (χ0n) is 14.6. The molecule has 7 nitrogen and oxygen atoms in total. The third kappa shape index (κ3) is 3.33. The van der Waals surface area contributed by atoms with Gasteiger partial charge in [0.15, 0.2) is 5.82 Å². The normalized spacial score (nSPS) is 16.1. The van der Waals surface area contributed by atoms with E-state index >= 15 is 0 Å². The number of fused-ring (bicyclic) bond motifs is 1. The van der Waals surface area contributed by atoms with Crippen molar-refractivity contribution in [3.05, 3.63) is 59.8 Å². The molecule has 26 heavy (non-hydrogen) atoms. The molecule has 1 aliphatic rings. The Bertz CT molecular complexity index is 921. The first kappa shape index (κ1) is 16.4. The third-order valence-electron chi connectivity index (χ3n) is 4.63. The van der Waals surface area contributed by atoms with Gasteiger partial charge in [0.1, 0.15) is 12.2 Å². The minimum Gasteiger partial charge on any atom is -0.348 e. The number of hydrogen-bond donors (Lipinski definition) is 1. The lowest BCUT2D eigenvalue weighted by atomic mass is 9.92. The largest absolute Gasteiger partial charge is 0.348 e. The van der Waals surface area contributed by atoms with E-state index in [1.54, 1.807) is 17.1 Å². The predicted octanol–water partition coefficient (Wildman–Crippen LogP) is 2.24. The molecular weight excluding hydrogens is 328 g/mol. The molecule has 0 aliphatic heterocycles. The van der Waals surface area contributed by atoms with E-state index in [0.717, 1.165) is 41.9 Å². The van der Waals surface area contributed by atoms with Crippen LogP contribution in [0.15, 0.2) is 42.9 Å². The lowest BCUT2D eigenvalue weighted by Crippen LogP contribution is -2.34. The Morgan fingerprint density at radius 3 is 2.96 bits per heavy atom. The highest BCUT2D eigenvalue weighted by Crippen LogP contribution is 2.29. The molecule has 3 aromatic heterocycles. The molecule has 4 rings (SSSR count). The molecule has 0 saturated carbocycles. The Kier molecular flexibility index (Phi) is 4.43. The van der Waals surface area contributed by atoms with Gasteiger partial charge in [-0.2, -0.15) is 5.10 Å². The number of nitrogens with one attached hydrogen (secondary N) is 1. The Balaban J connectivity index is 1.52. The Hall–Kier alpha value is -3.09. The van der Waals surface area contributed by atoms with E-state index in [4.69, 9.17) is 0 Å². The first-order valence-electron chi connectivity index (χ1n) is 8.76. The second kappa shape index (κ2) is 7.03. The minimum absolute atomic E-state index is 0.0524. The smallest absolute Gasteiger partial charge is 0.242 e. The number of aryl methyl sites for hydroxylation is 2. The van der Waals surface area contributed by atoms with Crippen molar-refractivity contribution < 1.29 is 4.79 Å². The van der Waals surface area contributed by atoms with E-state index in [0.29, 0.717) is 5.82 Å². The Labute approximate surface area is 151 Å². The van der Waals surface area contributed by atoms with Crippen LogP contribution in [0.5, 0.6) is 0 Å². The topological polar surface area (TPSA) is 85.6 Å². The SMILES string of the molecule is Cc1ccnn1CC(=O)N[C@H]1CCCc2nc(-c3ccccn3)ncc21. The van der Waals surface area contributed by atoms with Gasteiger partial charge in [-0.05, 0) is 44.4 Å². The van der Waals surface area contributed by atoms with Crippen molar-refractivity contribution in [3.8, 4) is 11.5 Å². The predicted molar refractivity (Wildman–Crippen MR) is 96.0 cm³/mol. The molecule has 0 unspecified atom stereocenters. The van der Waals surface area contributed by atoms with Gasteiger partial charge in [-0.3, -0.25) is 14.5 Å². The molecular formula is C19H20N6O. The number of pyridine rings is 1. The summed E-state index contributed by atoms with van der Waals surface area (Å²) in [6, 6.07) is 7.52. The molecule has 0 fully saturated rings. The molecule has 1 atom stereocenters.